The zero-order valence-electron chi connectivity index (χ0n) is 19.8. The maximum absolute atomic E-state index is 12.9. The minimum absolute atomic E-state index is 0.000559. The van der Waals surface area contributed by atoms with Gasteiger partial charge in [0.25, 0.3) is 5.91 Å². The van der Waals surface area contributed by atoms with E-state index in [1.165, 1.54) is 18.3 Å². The van der Waals surface area contributed by atoms with Gasteiger partial charge in [-0.05, 0) is 50.6 Å². The molecule has 4 heterocycles. The number of rotatable bonds is 6. The number of fused-ring (bicyclic) bond motifs is 2. The molecule has 0 atom stereocenters. The van der Waals surface area contributed by atoms with E-state index >= 15 is 0 Å². The molecule has 0 aliphatic rings. The van der Waals surface area contributed by atoms with Gasteiger partial charge in [0, 0.05) is 29.5 Å². The number of carbonyl (C=O) groups is 1. The number of carbonyl (C=O) groups excluding carboxylic acids is 1. The van der Waals surface area contributed by atoms with Crippen LogP contribution in [0.4, 0.5) is 8.78 Å². The minimum Gasteiger partial charge on any atom is -0.435 e. The number of hydrogen-bond acceptors (Lipinski definition) is 6. The number of amides is 1. The number of alkyl halides is 2. The van der Waals surface area contributed by atoms with E-state index in [1.807, 2.05) is 32.9 Å². The average molecular weight is 492 g/mol. The first-order valence-corrected chi connectivity index (χ1v) is 11.2. The lowest BCUT2D eigenvalue weighted by molar-refractivity contribution is -0.0497. The number of nitrogens with zero attached hydrogens (tertiary/aromatic N) is 5. The van der Waals surface area contributed by atoms with Crippen molar-refractivity contribution in [2.45, 2.75) is 39.5 Å². The lowest BCUT2D eigenvalue weighted by Gasteiger charge is -2.19. The van der Waals surface area contributed by atoms with E-state index in [4.69, 9.17) is 5.10 Å². The summed E-state index contributed by atoms with van der Waals surface area (Å²) in [7, 11) is 0. The van der Waals surface area contributed by atoms with Crippen LogP contribution >= 0.6 is 0 Å². The average Bonchev–Trinajstić information content (AvgIpc) is 3.39. The normalized spacial score (nSPS) is 11.9. The fraction of sp³-hybridized carbons (Fsp3) is 0.240. The van der Waals surface area contributed by atoms with E-state index in [9.17, 15) is 13.6 Å². The molecule has 1 amide bonds. The highest BCUT2D eigenvalue weighted by molar-refractivity contribution is 6.05. The Labute approximate surface area is 204 Å². The van der Waals surface area contributed by atoms with Crippen LogP contribution in [0.25, 0.3) is 33.5 Å². The fourth-order valence-corrected chi connectivity index (χ4v) is 3.90. The molecule has 9 nitrogen and oxygen atoms in total. The molecular formula is C25H23F2N7O2. The number of aromatic amines is 1. The Morgan fingerprint density at radius 2 is 2.06 bits per heavy atom. The summed E-state index contributed by atoms with van der Waals surface area (Å²) in [5.41, 5.74) is 3.14. The number of ether oxygens (including phenoxy) is 1. The molecule has 11 heteroatoms. The number of pyridine rings is 1. The van der Waals surface area contributed by atoms with E-state index in [0.29, 0.717) is 45.6 Å². The monoisotopic (exact) mass is 491 g/mol. The molecule has 0 radical (unpaired) electrons. The van der Waals surface area contributed by atoms with Gasteiger partial charge in [-0.3, -0.25) is 14.5 Å². The first-order chi connectivity index (χ1) is 17.2. The summed E-state index contributed by atoms with van der Waals surface area (Å²) in [6, 6.07) is 8.38. The zero-order chi connectivity index (χ0) is 25.4. The van der Waals surface area contributed by atoms with Crippen molar-refractivity contribution in [2.24, 2.45) is 0 Å². The van der Waals surface area contributed by atoms with Crippen molar-refractivity contribution in [3.63, 3.8) is 0 Å². The topological polar surface area (TPSA) is 111 Å². The predicted molar refractivity (Wildman–Crippen MR) is 130 cm³/mol. The van der Waals surface area contributed by atoms with Crippen LogP contribution in [0.5, 0.6) is 5.75 Å². The lowest BCUT2D eigenvalue weighted by atomic mass is 10.1. The number of halogens is 2. The number of aromatic nitrogens is 6. The summed E-state index contributed by atoms with van der Waals surface area (Å²) in [5.74, 6) is -0.291. The molecule has 0 aliphatic heterocycles. The van der Waals surface area contributed by atoms with Gasteiger partial charge in [0.15, 0.2) is 5.65 Å². The van der Waals surface area contributed by atoms with Gasteiger partial charge in [0.2, 0.25) is 0 Å². The van der Waals surface area contributed by atoms with Gasteiger partial charge in [0.05, 0.1) is 23.8 Å². The lowest BCUT2D eigenvalue weighted by Crippen LogP contribution is -2.40. The smallest absolute Gasteiger partial charge is 0.387 e. The van der Waals surface area contributed by atoms with E-state index < -0.39 is 12.2 Å². The van der Waals surface area contributed by atoms with Crippen LogP contribution in [0.3, 0.4) is 0 Å². The number of nitrogens with one attached hydrogen (secondary N) is 2. The third-order valence-corrected chi connectivity index (χ3v) is 5.36. The summed E-state index contributed by atoms with van der Waals surface area (Å²) < 4.78 is 32.2. The first-order valence-electron chi connectivity index (χ1n) is 11.2. The molecule has 0 saturated heterocycles. The predicted octanol–water partition coefficient (Wildman–Crippen LogP) is 4.55. The fourth-order valence-electron chi connectivity index (χ4n) is 3.90. The molecule has 0 aliphatic carbocycles. The Hall–Kier alpha value is -4.41. The second kappa shape index (κ2) is 8.99. The van der Waals surface area contributed by atoms with Gasteiger partial charge in [-0.2, -0.15) is 13.9 Å². The van der Waals surface area contributed by atoms with Crippen molar-refractivity contribution in [3.05, 3.63) is 66.2 Å². The van der Waals surface area contributed by atoms with Crippen LogP contribution in [0.15, 0.2) is 55.1 Å². The largest absolute Gasteiger partial charge is 0.435 e. The maximum Gasteiger partial charge on any atom is 0.387 e. The molecule has 5 aromatic rings. The van der Waals surface area contributed by atoms with Crippen molar-refractivity contribution in [1.82, 2.24) is 35.0 Å². The van der Waals surface area contributed by atoms with E-state index in [-0.39, 0.29) is 11.7 Å². The van der Waals surface area contributed by atoms with Crippen molar-refractivity contribution >= 4 is 28.0 Å². The van der Waals surface area contributed by atoms with E-state index in [0.717, 1.165) is 5.56 Å². The zero-order valence-corrected chi connectivity index (χ0v) is 19.8. The third kappa shape index (κ3) is 4.72. The Balaban J connectivity index is 1.64. The number of hydrogen-bond donors (Lipinski definition) is 2. The quantitative estimate of drug-likeness (QED) is 0.361. The Morgan fingerprint density at radius 3 is 2.78 bits per heavy atom. The standard InChI is InChI=1S/C25H23F2N7O2/c1-25(2,3)32-23(35)17-11-29-22-21(17)31-18(12-30-22)20-16-9-15(36-24(26)27)6-7-19(16)34(33-20)13-14-5-4-8-28-10-14/h4-12,24H,13H2,1-3H3,(H,29,30)(H,32,35). The molecule has 5 rings (SSSR count). The minimum atomic E-state index is -2.96. The molecule has 0 bridgehead atoms. The molecule has 184 valence electrons. The van der Waals surface area contributed by atoms with Crippen molar-refractivity contribution in [3.8, 4) is 17.1 Å². The van der Waals surface area contributed by atoms with Crippen LogP contribution in [0.2, 0.25) is 0 Å². The number of H-pyrrole nitrogens is 1. The highest BCUT2D eigenvalue weighted by Gasteiger charge is 2.22. The summed E-state index contributed by atoms with van der Waals surface area (Å²) in [6.07, 6.45) is 6.50. The highest BCUT2D eigenvalue weighted by Crippen LogP contribution is 2.32. The first kappa shape index (κ1) is 23.3. The Morgan fingerprint density at radius 1 is 1.22 bits per heavy atom. The molecule has 36 heavy (non-hydrogen) atoms. The van der Waals surface area contributed by atoms with Gasteiger partial charge in [-0.15, -0.1) is 0 Å². The third-order valence-electron chi connectivity index (χ3n) is 5.36. The van der Waals surface area contributed by atoms with E-state index in [2.05, 4.69) is 30.0 Å². The molecule has 1 aromatic carbocycles. The molecule has 0 unspecified atom stereocenters. The highest BCUT2D eigenvalue weighted by atomic mass is 19.3. The van der Waals surface area contributed by atoms with Crippen molar-refractivity contribution in [2.75, 3.05) is 0 Å². The Bertz CT molecular complexity index is 1560. The number of benzene rings is 1. The van der Waals surface area contributed by atoms with Crippen molar-refractivity contribution in [1.29, 1.82) is 0 Å². The van der Waals surface area contributed by atoms with Gasteiger partial charge in [-0.25, -0.2) is 9.97 Å². The second-order valence-corrected chi connectivity index (χ2v) is 9.28. The second-order valence-electron chi connectivity index (χ2n) is 9.28. The van der Waals surface area contributed by atoms with Gasteiger partial charge in [0.1, 0.15) is 22.7 Å². The SMILES string of the molecule is CC(C)(C)NC(=O)c1c[nH]c2ncc(-c3nn(Cc4cccnc4)c4ccc(OC(F)F)cc34)nc12. The molecule has 0 saturated carbocycles. The van der Waals surface area contributed by atoms with Crippen LogP contribution in [0.1, 0.15) is 36.7 Å². The summed E-state index contributed by atoms with van der Waals surface area (Å²) >= 11 is 0. The van der Waals surface area contributed by atoms with Gasteiger partial charge in [-0.1, -0.05) is 6.07 Å². The van der Waals surface area contributed by atoms with E-state index in [1.54, 1.807) is 29.3 Å². The molecular weight excluding hydrogens is 468 g/mol. The van der Waals surface area contributed by atoms with Crippen LogP contribution in [0, 0.1) is 0 Å². The molecule has 2 N–H and O–H groups in total. The van der Waals surface area contributed by atoms with Crippen LogP contribution < -0.4 is 10.1 Å². The van der Waals surface area contributed by atoms with Crippen molar-refractivity contribution < 1.29 is 18.3 Å². The summed E-state index contributed by atoms with van der Waals surface area (Å²) in [5, 5.41) is 8.21. The molecule has 4 aromatic heterocycles. The maximum atomic E-state index is 12.9. The molecule has 0 fully saturated rings. The van der Waals surface area contributed by atoms with Gasteiger partial charge < -0.3 is 15.0 Å². The Kier molecular flexibility index (Phi) is 5.83. The molecule has 0 spiro atoms. The van der Waals surface area contributed by atoms with Gasteiger partial charge >= 0.3 is 6.61 Å². The summed E-state index contributed by atoms with van der Waals surface area (Å²) in [6.45, 7) is 3.10. The van der Waals surface area contributed by atoms with Crippen LogP contribution in [-0.2, 0) is 6.54 Å². The summed E-state index contributed by atoms with van der Waals surface area (Å²) in [4.78, 5) is 29.1. The van der Waals surface area contributed by atoms with Crippen LogP contribution in [-0.4, -0.2) is 47.8 Å².